The van der Waals surface area contributed by atoms with Crippen molar-refractivity contribution in [2.24, 2.45) is 0 Å². The summed E-state index contributed by atoms with van der Waals surface area (Å²) >= 11 is 0. The maximum absolute atomic E-state index is 8.52. The minimum absolute atomic E-state index is 0.261. The molecule has 2 nitrogen and oxygen atoms in total. The molecule has 0 saturated heterocycles. The van der Waals surface area contributed by atoms with Crippen molar-refractivity contribution in [1.29, 1.82) is 0 Å². The normalized spacial score (nSPS) is 10.7. The molecule has 0 aromatic carbocycles. The molecule has 0 aliphatic heterocycles. The van der Waals surface area contributed by atoms with Crippen LogP contribution in [0, 0.1) is 0 Å². The van der Waals surface area contributed by atoms with E-state index in [2.05, 4.69) is 6.92 Å². The molecule has 3 heteroatoms. The number of rotatable bonds is 5. The summed E-state index contributed by atoms with van der Waals surface area (Å²) < 4.78 is 0. The van der Waals surface area contributed by atoms with Crippen molar-refractivity contribution in [2.75, 3.05) is 30.5 Å². The van der Waals surface area contributed by atoms with Crippen LogP contribution in [0.3, 0.4) is 0 Å². The predicted molar refractivity (Wildman–Crippen MR) is 41.8 cm³/mol. The second-order valence-corrected chi connectivity index (χ2v) is 4.38. The Bertz CT molecular complexity index is 53.0. The first-order valence-corrected chi connectivity index (χ1v) is 4.94. The molecule has 0 fully saturated rings. The van der Waals surface area contributed by atoms with Crippen molar-refractivity contribution in [3.8, 4) is 0 Å². The van der Waals surface area contributed by atoms with Crippen LogP contribution < -0.4 is 0 Å². The van der Waals surface area contributed by atoms with Crippen molar-refractivity contribution < 1.29 is 10.2 Å². The zero-order valence-electron chi connectivity index (χ0n) is 5.84. The molecule has 0 aliphatic rings. The van der Waals surface area contributed by atoms with Gasteiger partial charge in [0.25, 0.3) is 0 Å². The molecule has 0 atom stereocenters. The van der Waals surface area contributed by atoms with Gasteiger partial charge in [0, 0.05) is 0 Å². The summed E-state index contributed by atoms with van der Waals surface area (Å²) in [6, 6.07) is 0. The van der Waals surface area contributed by atoms with Gasteiger partial charge in [-0.2, -0.15) is 0 Å². The van der Waals surface area contributed by atoms with Gasteiger partial charge >= 0.3 is 0 Å². The van der Waals surface area contributed by atoms with Crippen molar-refractivity contribution in [3.63, 3.8) is 0 Å². The molecule has 0 rings (SSSR count). The molecule has 0 unspecified atom stereocenters. The van der Waals surface area contributed by atoms with Crippen LogP contribution in [0.5, 0.6) is 0 Å². The minimum atomic E-state index is 0.261. The molecular weight excluding hydrogens is 136 g/mol. The number of aliphatic hydroxyl groups excluding tert-OH is 2. The average Bonchev–Trinajstić information content (AvgIpc) is 1.88. The highest BCUT2D eigenvalue weighted by Crippen LogP contribution is 1.93. The van der Waals surface area contributed by atoms with Gasteiger partial charge in [-0.3, -0.25) is 0 Å². The van der Waals surface area contributed by atoms with Crippen molar-refractivity contribution in [1.82, 2.24) is 0 Å². The maximum Gasteiger partial charge on any atom is 0.131 e. The molecule has 0 amide bonds. The summed E-state index contributed by atoms with van der Waals surface area (Å²) in [7, 11) is 0.269. The predicted octanol–water partition coefficient (Wildman–Crippen LogP) is -0.391. The van der Waals surface area contributed by atoms with Crippen LogP contribution >= 0.6 is 0 Å². The van der Waals surface area contributed by atoms with E-state index < -0.39 is 0 Å². The molecule has 0 aromatic rings. The largest absolute Gasteiger partial charge is 0.391 e. The molecule has 2 N–H and O–H groups in total. The monoisotopic (exact) mass is 151 g/mol. The minimum Gasteiger partial charge on any atom is -0.391 e. The molecule has 0 aliphatic carbocycles. The fraction of sp³-hybridized carbons (Fsp3) is 1.00. The summed E-state index contributed by atoms with van der Waals surface area (Å²) in [5, 5.41) is 17.0. The van der Waals surface area contributed by atoms with E-state index in [-0.39, 0.29) is 24.1 Å². The second kappa shape index (κ2) is 6.39. The van der Waals surface area contributed by atoms with E-state index in [4.69, 9.17) is 10.2 Å². The lowest BCUT2D eigenvalue weighted by Crippen LogP contribution is -2.19. The van der Waals surface area contributed by atoms with Crippen LogP contribution in [0.25, 0.3) is 0 Å². The van der Waals surface area contributed by atoms with E-state index in [1.807, 2.05) is 0 Å². The lowest BCUT2D eigenvalue weighted by molar-refractivity contribution is 0.316. The summed E-state index contributed by atoms with van der Waals surface area (Å²) in [6.07, 6.45) is 0. The molecule has 0 bridgehead atoms. The highest BCUT2D eigenvalue weighted by atomic mass is 32.2. The average molecular weight is 151 g/mol. The molecular formula is C6H15O2S+. The van der Waals surface area contributed by atoms with Gasteiger partial charge in [0.1, 0.15) is 17.3 Å². The summed E-state index contributed by atoms with van der Waals surface area (Å²) in [4.78, 5) is 0. The number of aliphatic hydroxyl groups is 2. The van der Waals surface area contributed by atoms with Crippen LogP contribution in [-0.2, 0) is 10.9 Å². The van der Waals surface area contributed by atoms with Gasteiger partial charge in [0.05, 0.1) is 13.2 Å². The molecule has 9 heavy (non-hydrogen) atoms. The Morgan fingerprint density at radius 2 is 1.56 bits per heavy atom. The first-order valence-electron chi connectivity index (χ1n) is 3.21. The molecule has 0 heterocycles. The van der Waals surface area contributed by atoms with E-state index in [9.17, 15) is 0 Å². The van der Waals surface area contributed by atoms with Crippen LogP contribution in [-0.4, -0.2) is 40.7 Å². The zero-order chi connectivity index (χ0) is 7.11. The van der Waals surface area contributed by atoms with Crippen molar-refractivity contribution in [2.45, 2.75) is 6.92 Å². The summed E-state index contributed by atoms with van der Waals surface area (Å²) in [5.74, 6) is 2.80. The molecule has 0 saturated carbocycles. The van der Waals surface area contributed by atoms with E-state index in [1.165, 1.54) is 0 Å². The topological polar surface area (TPSA) is 40.5 Å². The first-order chi connectivity index (χ1) is 4.35. The van der Waals surface area contributed by atoms with Crippen LogP contribution in [0.2, 0.25) is 0 Å². The number of hydrogen-bond donors (Lipinski definition) is 2. The third-order valence-corrected chi connectivity index (χ3v) is 3.50. The quantitative estimate of drug-likeness (QED) is 0.525. The second-order valence-electron chi connectivity index (χ2n) is 1.76. The van der Waals surface area contributed by atoms with Gasteiger partial charge in [-0.25, -0.2) is 0 Å². The van der Waals surface area contributed by atoms with E-state index >= 15 is 0 Å². The first kappa shape index (κ1) is 9.27. The molecule has 0 radical (unpaired) electrons. The van der Waals surface area contributed by atoms with Crippen molar-refractivity contribution in [3.05, 3.63) is 0 Å². The van der Waals surface area contributed by atoms with Crippen LogP contribution in [0.1, 0.15) is 6.92 Å². The van der Waals surface area contributed by atoms with Crippen LogP contribution in [0.15, 0.2) is 0 Å². The molecule has 56 valence electrons. The Morgan fingerprint density at radius 1 is 1.11 bits per heavy atom. The molecule has 0 spiro atoms. The Hall–Kier alpha value is 0.270. The maximum atomic E-state index is 8.52. The molecule has 0 aromatic heterocycles. The SMILES string of the molecule is CC[S+](CCO)CCO. The van der Waals surface area contributed by atoms with Gasteiger partial charge in [-0.1, -0.05) is 0 Å². The summed E-state index contributed by atoms with van der Waals surface area (Å²) in [6.45, 7) is 2.61. The zero-order valence-corrected chi connectivity index (χ0v) is 6.65. The lowest BCUT2D eigenvalue weighted by Gasteiger charge is -2.00. The van der Waals surface area contributed by atoms with E-state index in [1.54, 1.807) is 0 Å². The smallest absolute Gasteiger partial charge is 0.131 e. The van der Waals surface area contributed by atoms with Gasteiger partial charge in [-0.05, 0) is 17.8 Å². The highest BCUT2D eigenvalue weighted by molar-refractivity contribution is 7.96. The fourth-order valence-corrected chi connectivity index (χ4v) is 1.95. The Balaban J connectivity index is 3.18. The van der Waals surface area contributed by atoms with E-state index in [0.717, 1.165) is 17.3 Å². The number of hydrogen-bond acceptors (Lipinski definition) is 2. The van der Waals surface area contributed by atoms with E-state index in [0.29, 0.717) is 0 Å². The van der Waals surface area contributed by atoms with Crippen LogP contribution in [0.4, 0.5) is 0 Å². The third kappa shape index (κ3) is 4.75. The van der Waals surface area contributed by atoms with Gasteiger partial charge in [-0.15, -0.1) is 0 Å². The van der Waals surface area contributed by atoms with Gasteiger partial charge < -0.3 is 10.2 Å². The fourth-order valence-electron chi connectivity index (χ4n) is 0.649. The third-order valence-electron chi connectivity index (χ3n) is 1.17. The Labute approximate surface area is 59.2 Å². The Kier molecular flexibility index (Phi) is 6.58. The highest BCUT2D eigenvalue weighted by Gasteiger charge is 2.11. The van der Waals surface area contributed by atoms with Crippen molar-refractivity contribution >= 4 is 10.9 Å². The van der Waals surface area contributed by atoms with Gasteiger partial charge in [0.15, 0.2) is 0 Å². The lowest BCUT2D eigenvalue weighted by atomic mass is 10.9. The standard InChI is InChI=1S/C6H15O2S/c1-2-9(5-3-7)6-4-8/h7-8H,2-6H2,1H3/q+1. The Morgan fingerprint density at radius 3 is 1.78 bits per heavy atom. The van der Waals surface area contributed by atoms with Gasteiger partial charge in [0.2, 0.25) is 0 Å². The summed E-state index contributed by atoms with van der Waals surface area (Å²) in [5.41, 5.74) is 0.